The van der Waals surface area contributed by atoms with E-state index in [1.807, 2.05) is 4.72 Å². The Kier molecular flexibility index (Phi) is 4.61. The molecule has 1 rings (SSSR count). The van der Waals surface area contributed by atoms with E-state index in [4.69, 9.17) is 5.11 Å². The number of nitrogens with one attached hydrogen (secondary N) is 2. The molecule has 0 aliphatic heterocycles. The van der Waals surface area contributed by atoms with Crippen LogP contribution in [0.25, 0.3) is 0 Å². The third-order valence-corrected chi connectivity index (χ3v) is 3.31. The van der Waals surface area contributed by atoms with E-state index in [2.05, 4.69) is 0 Å². The molecule has 0 spiro atoms. The lowest BCUT2D eigenvalue weighted by molar-refractivity contribution is -0.137. The zero-order chi connectivity index (χ0) is 15.6. The van der Waals surface area contributed by atoms with E-state index in [9.17, 15) is 26.4 Å². The topological polar surface area (TPSA) is 95.5 Å². The van der Waals surface area contributed by atoms with Crippen molar-refractivity contribution in [1.82, 2.24) is 4.72 Å². The second-order valence-corrected chi connectivity index (χ2v) is 5.17. The van der Waals surface area contributed by atoms with Gasteiger partial charge in [-0.25, -0.2) is 4.79 Å². The summed E-state index contributed by atoms with van der Waals surface area (Å²) in [6.07, 6.45) is -4.71. The molecule has 1 aromatic rings. The highest BCUT2D eigenvalue weighted by Gasteiger charge is 2.32. The molecule has 6 nitrogen and oxygen atoms in total. The Morgan fingerprint density at radius 1 is 1.35 bits per heavy atom. The molecule has 0 saturated carbocycles. The van der Waals surface area contributed by atoms with Crippen molar-refractivity contribution in [1.29, 1.82) is 0 Å². The van der Waals surface area contributed by atoms with Crippen molar-refractivity contribution >= 4 is 21.9 Å². The van der Waals surface area contributed by atoms with Crippen LogP contribution in [0.4, 0.5) is 18.9 Å². The van der Waals surface area contributed by atoms with Crippen LogP contribution in [0.5, 0.6) is 0 Å². The molecular weight excluding hydrogens is 301 g/mol. The second kappa shape index (κ2) is 5.67. The van der Waals surface area contributed by atoms with Crippen LogP contribution in [0, 0.1) is 0 Å². The largest absolute Gasteiger partial charge is 0.478 e. The smallest absolute Gasteiger partial charge is 0.416 e. The van der Waals surface area contributed by atoms with Gasteiger partial charge in [-0.3, -0.25) is 4.72 Å². The molecule has 0 saturated heterocycles. The zero-order valence-electron chi connectivity index (χ0n) is 10.2. The number of carboxylic acids is 1. The first kappa shape index (κ1) is 16.2. The van der Waals surface area contributed by atoms with Crippen molar-refractivity contribution in [2.24, 2.45) is 0 Å². The van der Waals surface area contributed by atoms with Crippen molar-refractivity contribution in [3.05, 3.63) is 29.3 Å². The normalized spacial score (nSPS) is 12.2. The first-order chi connectivity index (χ1) is 9.07. The van der Waals surface area contributed by atoms with Crippen LogP contribution in [0.3, 0.4) is 0 Å². The number of alkyl halides is 3. The molecule has 0 aliphatic rings. The van der Waals surface area contributed by atoms with E-state index in [0.717, 1.165) is 0 Å². The van der Waals surface area contributed by atoms with Crippen LogP contribution >= 0.6 is 0 Å². The van der Waals surface area contributed by atoms with Crippen molar-refractivity contribution in [3.63, 3.8) is 0 Å². The molecule has 0 atom stereocenters. The third kappa shape index (κ3) is 4.10. The van der Waals surface area contributed by atoms with Gasteiger partial charge in [0.2, 0.25) is 0 Å². The number of benzene rings is 1. The van der Waals surface area contributed by atoms with Gasteiger partial charge in [-0.05, 0) is 18.2 Å². The first-order valence-corrected chi connectivity index (χ1v) is 6.77. The van der Waals surface area contributed by atoms with Crippen molar-refractivity contribution in [2.75, 3.05) is 11.3 Å². The Labute approximate surface area is 112 Å². The van der Waals surface area contributed by atoms with Gasteiger partial charge in [0.15, 0.2) is 0 Å². The summed E-state index contributed by atoms with van der Waals surface area (Å²) in [6, 6.07) is 1.68. The summed E-state index contributed by atoms with van der Waals surface area (Å²) in [5, 5.41) is 8.85. The highest BCUT2D eigenvalue weighted by molar-refractivity contribution is 7.90. The molecule has 0 fully saturated rings. The quantitative estimate of drug-likeness (QED) is 0.770. The minimum absolute atomic E-state index is 0.00327. The minimum Gasteiger partial charge on any atom is -0.478 e. The molecule has 3 N–H and O–H groups in total. The van der Waals surface area contributed by atoms with Gasteiger partial charge in [-0.1, -0.05) is 6.92 Å². The maximum atomic E-state index is 12.5. The van der Waals surface area contributed by atoms with E-state index >= 15 is 0 Å². The van der Waals surface area contributed by atoms with Crippen LogP contribution in [-0.2, 0) is 16.4 Å². The number of aromatic carboxylic acids is 1. The SMILES string of the molecule is CCNS(=O)(=O)Nc1cc(C(F)(F)F)ccc1C(=O)O. The molecule has 0 heterocycles. The lowest BCUT2D eigenvalue weighted by Gasteiger charge is -2.13. The van der Waals surface area contributed by atoms with Gasteiger partial charge in [0.25, 0.3) is 10.2 Å². The van der Waals surface area contributed by atoms with Gasteiger partial charge in [0.1, 0.15) is 0 Å². The predicted octanol–water partition coefficient (Wildman–Crippen LogP) is 1.67. The number of anilines is 1. The predicted molar refractivity (Wildman–Crippen MR) is 64.6 cm³/mol. The molecule has 0 aliphatic carbocycles. The fourth-order valence-corrected chi connectivity index (χ4v) is 2.27. The van der Waals surface area contributed by atoms with Gasteiger partial charge in [-0.15, -0.1) is 0 Å². The first-order valence-electron chi connectivity index (χ1n) is 5.28. The molecule has 20 heavy (non-hydrogen) atoms. The van der Waals surface area contributed by atoms with Gasteiger partial charge in [0.05, 0.1) is 16.8 Å². The summed E-state index contributed by atoms with van der Waals surface area (Å²) >= 11 is 0. The molecular formula is C10H11F3N2O4S. The molecule has 10 heteroatoms. The summed E-state index contributed by atoms with van der Waals surface area (Å²) in [5.41, 5.74) is -2.40. The summed E-state index contributed by atoms with van der Waals surface area (Å²) in [6.45, 7) is 1.46. The number of halogens is 3. The monoisotopic (exact) mass is 312 g/mol. The van der Waals surface area contributed by atoms with Crippen molar-refractivity contribution in [2.45, 2.75) is 13.1 Å². The molecule has 0 radical (unpaired) electrons. The number of carboxylic acid groups (broad SMARTS) is 1. The summed E-state index contributed by atoms with van der Waals surface area (Å²) in [7, 11) is -4.13. The Hall–Kier alpha value is -1.81. The van der Waals surface area contributed by atoms with Crippen LogP contribution < -0.4 is 9.44 Å². The van der Waals surface area contributed by atoms with Gasteiger partial charge in [-0.2, -0.15) is 26.3 Å². The summed E-state index contributed by atoms with van der Waals surface area (Å²) < 4.78 is 64.2. The van der Waals surface area contributed by atoms with Gasteiger partial charge >= 0.3 is 12.1 Å². The third-order valence-electron chi connectivity index (χ3n) is 2.16. The van der Waals surface area contributed by atoms with E-state index in [1.165, 1.54) is 6.92 Å². The van der Waals surface area contributed by atoms with Crippen LogP contribution in [0.15, 0.2) is 18.2 Å². The number of hydrogen-bond acceptors (Lipinski definition) is 3. The number of hydrogen-bond donors (Lipinski definition) is 3. The second-order valence-electron chi connectivity index (χ2n) is 3.67. The molecule has 0 amide bonds. The maximum absolute atomic E-state index is 12.5. The standard InChI is InChI=1S/C10H11F3N2O4S/c1-2-14-20(18,19)15-8-5-6(10(11,12)13)3-4-7(8)9(16)17/h3-5,14-15H,2H2,1H3,(H,16,17). The average Bonchev–Trinajstić information content (AvgIpc) is 2.26. The Bertz CT molecular complexity index is 613. The molecule has 1 aromatic carbocycles. The van der Waals surface area contributed by atoms with Gasteiger partial charge < -0.3 is 5.11 Å². The highest BCUT2D eigenvalue weighted by Crippen LogP contribution is 2.32. The van der Waals surface area contributed by atoms with Crippen LogP contribution in [-0.4, -0.2) is 26.0 Å². The van der Waals surface area contributed by atoms with Crippen molar-refractivity contribution < 1.29 is 31.5 Å². The fourth-order valence-electron chi connectivity index (χ4n) is 1.36. The summed E-state index contributed by atoms with van der Waals surface area (Å²) in [4.78, 5) is 10.9. The van der Waals surface area contributed by atoms with Gasteiger partial charge in [0, 0.05) is 6.54 Å². The average molecular weight is 312 g/mol. The zero-order valence-corrected chi connectivity index (χ0v) is 11.0. The van der Waals surface area contributed by atoms with E-state index < -0.39 is 39.2 Å². The Morgan fingerprint density at radius 2 is 1.95 bits per heavy atom. The molecule has 0 bridgehead atoms. The van der Waals surface area contributed by atoms with E-state index in [0.29, 0.717) is 18.2 Å². The lowest BCUT2D eigenvalue weighted by Crippen LogP contribution is -2.30. The van der Waals surface area contributed by atoms with Crippen LogP contribution in [0.1, 0.15) is 22.8 Å². The molecule has 0 unspecified atom stereocenters. The van der Waals surface area contributed by atoms with Crippen molar-refractivity contribution in [3.8, 4) is 0 Å². The number of rotatable bonds is 5. The van der Waals surface area contributed by atoms with E-state index in [1.54, 1.807) is 4.72 Å². The Balaban J connectivity index is 3.30. The summed E-state index contributed by atoms with van der Waals surface area (Å²) in [5.74, 6) is -1.55. The number of carbonyl (C=O) groups is 1. The minimum atomic E-state index is -4.71. The maximum Gasteiger partial charge on any atom is 0.416 e. The molecule has 112 valence electrons. The van der Waals surface area contributed by atoms with E-state index in [-0.39, 0.29) is 6.54 Å². The fraction of sp³-hybridized carbons (Fsp3) is 0.300. The van der Waals surface area contributed by atoms with Crippen LogP contribution in [0.2, 0.25) is 0 Å². The lowest BCUT2D eigenvalue weighted by atomic mass is 10.1. The highest BCUT2D eigenvalue weighted by atomic mass is 32.2. The Morgan fingerprint density at radius 3 is 2.40 bits per heavy atom. The molecule has 0 aromatic heterocycles.